The van der Waals surface area contributed by atoms with Gasteiger partial charge in [0.15, 0.2) is 5.78 Å². The number of benzene rings is 2. The molecule has 0 saturated heterocycles. The zero-order valence-corrected chi connectivity index (χ0v) is 18.8. The molecule has 0 aliphatic heterocycles. The highest BCUT2D eigenvalue weighted by molar-refractivity contribution is 6.35. The number of aromatic amines is 1. The summed E-state index contributed by atoms with van der Waals surface area (Å²) in [6.45, 7) is 0. The average molecular weight is 461 g/mol. The smallest absolute Gasteiger partial charge is 0.196 e. The van der Waals surface area contributed by atoms with Crippen molar-refractivity contribution in [2.45, 2.75) is 37.8 Å². The third kappa shape index (κ3) is 4.58. The van der Waals surface area contributed by atoms with E-state index in [4.69, 9.17) is 22.1 Å². The summed E-state index contributed by atoms with van der Waals surface area (Å²) >= 11 is 6.51. The molecule has 1 aliphatic carbocycles. The number of carbonyl (C=O) groups excluding carboxylic acids is 1. The second-order valence-corrected chi connectivity index (χ2v) is 8.83. The molecule has 5 rings (SSSR count). The largest absolute Gasteiger partial charge is 0.457 e. The molecule has 33 heavy (non-hydrogen) atoms. The number of H-pyrrole nitrogens is 1. The number of aromatic nitrogens is 2. The molecule has 6 nitrogen and oxygen atoms in total. The van der Waals surface area contributed by atoms with Crippen molar-refractivity contribution in [2.24, 2.45) is 5.73 Å². The maximum absolute atomic E-state index is 13.5. The number of nitrogens with one attached hydrogen (secondary N) is 2. The molecule has 0 amide bonds. The molecule has 1 saturated carbocycles. The minimum absolute atomic E-state index is 0.167. The van der Waals surface area contributed by atoms with E-state index in [1.54, 1.807) is 30.6 Å². The molecular formula is C26H25ClN4O2. The number of hydrogen-bond acceptors (Lipinski definition) is 5. The van der Waals surface area contributed by atoms with Crippen LogP contribution in [0.4, 0.5) is 5.69 Å². The van der Waals surface area contributed by atoms with Gasteiger partial charge in [-0.15, -0.1) is 0 Å². The second-order valence-electron chi connectivity index (χ2n) is 8.43. The molecule has 0 bridgehead atoms. The van der Waals surface area contributed by atoms with Gasteiger partial charge in [0.2, 0.25) is 0 Å². The van der Waals surface area contributed by atoms with Gasteiger partial charge in [-0.05, 0) is 56.0 Å². The number of fused-ring (bicyclic) bond motifs is 1. The number of nitrogens with zero attached hydrogens (tertiary/aromatic N) is 1. The fraction of sp³-hybridized carbons (Fsp3) is 0.231. The van der Waals surface area contributed by atoms with E-state index in [-0.39, 0.29) is 11.8 Å². The van der Waals surface area contributed by atoms with Crippen LogP contribution < -0.4 is 15.8 Å². The molecule has 0 atom stereocenters. The van der Waals surface area contributed by atoms with Crippen LogP contribution in [0, 0.1) is 0 Å². The molecule has 2 aromatic heterocycles. The van der Waals surface area contributed by atoms with Crippen LogP contribution in [0.15, 0.2) is 67.0 Å². The van der Waals surface area contributed by atoms with E-state index in [1.807, 2.05) is 36.4 Å². The summed E-state index contributed by atoms with van der Waals surface area (Å²) < 4.78 is 5.84. The molecule has 1 fully saturated rings. The van der Waals surface area contributed by atoms with E-state index in [0.29, 0.717) is 39.3 Å². The van der Waals surface area contributed by atoms with Crippen molar-refractivity contribution < 1.29 is 9.53 Å². The maximum atomic E-state index is 13.5. The first-order valence-corrected chi connectivity index (χ1v) is 11.5. The van der Waals surface area contributed by atoms with Gasteiger partial charge in [-0.1, -0.05) is 29.8 Å². The van der Waals surface area contributed by atoms with E-state index in [1.165, 1.54) is 0 Å². The summed E-state index contributed by atoms with van der Waals surface area (Å²) in [4.78, 5) is 21.0. The maximum Gasteiger partial charge on any atom is 0.196 e. The van der Waals surface area contributed by atoms with Gasteiger partial charge in [-0.3, -0.25) is 4.79 Å². The SMILES string of the molecule is N[C@H]1CC[C@H](Nc2ccnc3[nH]cc(C(=O)c4ccc(Oc5ccccc5)cc4Cl)c23)CC1. The number of pyridine rings is 1. The molecule has 0 unspecified atom stereocenters. The van der Waals surface area contributed by atoms with Crippen LogP contribution >= 0.6 is 11.6 Å². The predicted octanol–water partition coefficient (Wildman–Crippen LogP) is 5.92. The van der Waals surface area contributed by atoms with Crippen molar-refractivity contribution in [3.8, 4) is 11.5 Å². The number of halogens is 1. The Morgan fingerprint density at radius 1 is 1.03 bits per heavy atom. The first-order chi connectivity index (χ1) is 16.1. The van der Waals surface area contributed by atoms with Crippen LogP contribution in [0.25, 0.3) is 11.0 Å². The predicted molar refractivity (Wildman–Crippen MR) is 131 cm³/mol. The molecule has 2 aromatic carbocycles. The van der Waals surface area contributed by atoms with Gasteiger partial charge >= 0.3 is 0 Å². The van der Waals surface area contributed by atoms with Crippen molar-refractivity contribution in [1.82, 2.24) is 9.97 Å². The minimum atomic E-state index is -0.167. The van der Waals surface area contributed by atoms with Gasteiger partial charge in [0.25, 0.3) is 0 Å². The van der Waals surface area contributed by atoms with E-state index >= 15 is 0 Å². The van der Waals surface area contributed by atoms with Crippen LogP contribution in [-0.4, -0.2) is 27.8 Å². The monoisotopic (exact) mass is 460 g/mol. The third-order valence-corrected chi connectivity index (χ3v) is 6.43. The van der Waals surface area contributed by atoms with Crippen LogP contribution in [0.3, 0.4) is 0 Å². The van der Waals surface area contributed by atoms with Crippen molar-refractivity contribution in [1.29, 1.82) is 0 Å². The fourth-order valence-electron chi connectivity index (χ4n) is 4.35. The standard InChI is InChI=1S/C26H25ClN4O2/c27-22-14-19(33-18-4-2-1-3-5-18)10-11-20(22)25(32)21-15-30-26-24(21)23(12-13-29-26)31-17-8-6-16(28)7-9-17/h1-5,10-17H,6-9,28H2,(H2,29,30,31)/t16-,17-. The lowest BCUT2D eigenvalue weighted by Gasteiger charge is -2.28. The Bertz CT molecular complexity index is 1280. The van der Waals surface area contributed by atoms with Gasteiger partial charge < -0.3 is 20.8 Å². The summed E-state index contributed by atoms with van der Waals surface area (Å²) in [5.41, 5.74) is 8.56. The highest BCUT2D eigenvalue weighted by Crippen LogP contribution is 2.33. The van der Waals surface area contributed by atoms with E-state index in [2.05, 4.69) is 15.3 Å². The summed E-state index contributed by atoms with van der Waals surface area (Å²) in [7, 11) is 0. The van der Waals surface area contributed by atoms with Crippen molar-refractivity contribution in [3.63, 3.8) is 0 Å². The van der Waals surface area contributed by atoms with Gasteiger partial charge in [0.1, 0.15) is 17.1 Å². The third-order valence-electron chi connectivity index (χ3n) is 6.11. The molecule has 7 heteroatoms. The first kappa shape index (κ1) is 21.5. The van der Waals surface area contributed by atoms with Gasteiger partial charge in [-0.2, -0.15) is 0 Å². The molecular weight excluding hydrogens is 436 g/mol. The Morgan fingerprint density at radius 3 is 2.58 bits per heavy atom. The van der Waals surface area contributed by atoms with Crippen LogP contribution in [0.2, 0.25) is 5.02 Å². The molecule has 168 valence electrons. The molecule has 4 aromatic rings. The number of para-hydroxylation sites is 1. The molecule has 1 aliphatic rings. The Labute approximate surface area is 197 Å². The normalized spacial score (nSPS) is 18.2. The number of rotatable bonds is 6. The lowest BCUT2D eigenvalue weighted by Crippen LogP contribution is -2.32. The second kappa shape index (κ2) is 9.25. The number of ether oxygens (including phenoxy) is 1. The molecule has 2 heterocycles. The zero-order valence-electron chi connectivity index (χ0n) is 18.1. The molecule has 4 N–H and O–H groups in total. The van der Waals surface area contributed by atoms with E-state index in [9.17, 15) is 4.79 Å². The van der Waals surface area contributed by atoms with Crippen LogP contribution in [0.1, 0.15) is 41.6 Å². The zero-order chi connectivity index (χ0) is 22.8. The number of anilines is 1. The van der Waals surface area contributed by atoms with Crippen LogP contribution in [-0.2, 0) is 0 Å². The number of nitrogens with two attached hydrogens (primary N) is 1. The Balaban J connectivity index is 1.42. The summed E-state index contributed by atoms with van der Waals surface area (Å²) in [6, 6.07) is 17.1. The van der Waals surface area contributed by atoms with Crippen molar-refractivity contribution >= 4 is 34.1 Å². The van der Waals surface area contributed by atoms with Crippen LogP contribution in [0.5, 0.6) is 11.5 Å². The summed E-state index contributed by atoms with van der Waals surface area (Å²) in [6.07, 6.45) is 7.45. The summed E-state index contributed by atoms with van der Waals surface area (Å²) in [5, 5.41) is 4.72. The Hall–Kier alpha value is -3.35. The highest BCUT2D eigenvalue weighted by atomic mass is 35.5. The highest BCUT2D eigenvalue weighted by Gasteiger charge is 2.23. The lowest BCUT2D eigenvalue weighted by molar-refractivity contribution is 0.104. The number of carbonyl (C=O) groups is 1. The van der Waals surface area contributed by atoms with Gasteiger partial charge in [-0.25, -0.2) is 4.98 Å². The van der Waals surface area contributed by atoms with Gasteiger partial charge in [0, 0.05) is 41.8 Å². The fourth-order valence-corrected chi connectivity index (χ4v) is 4.61. The first-order valence-electron chi connectivity index (χ1n) is 11.1. The molecule has 0 spiro atoms. The van der Waals surface area contributed by atoms with Gasteiger partial charge in [0.05, 0.1) is 16.0 Å². The minimum Gasteiger partial charge on any atom is -0.457 e. The average Bonchev–Trinajstić information content (AvgIpc) is 3.26. The van der Waals surface area contributed by atoms with E-state index in [0.717, 1.165) is 36.8 Å². The summed E-state index contributed by atoms with van der Waals surface area (Å²) in [5.74, 6) is 1.11. The Morgan fingerprint density at radius 2 is 1.82 bits per heavy atom. The van der Waals surface area contributed by atoms with Crippen molar-refractivity contribution in [3.05, 3.63) is 83.1 Å². The Kier molecular flexibility index (Phi) is 6.03. The number of ketones is 1. The van der Waals surface area contributed by atoms with Crippen molar-refractivity contribution in [2.75, 3.05) is 5.32 Å². The number of hydrogen-bond donors (Lipinski definition) is 3. The topological polar surface area (TPSA) is 93.0 Å². The quantitative estimate of drug-likeness (QED) is 0.310. The lowest BCUT2D eigenvalue weighted by atomic mass is 9.91. The molecule has 0 radical (unpaired) electrons. The van der Waals surface area contributed by atoms with E-state index < -0.39 is 0 Å².